The quantitative estimate of drug-likeness (QED) is 0.731. The molecule has 0 saturated heterocycles. The first-order valence-electron chi connectivity index (χ1n) is 7.85. The van der Waals surface area contributed by atoms with E-state index in [1.54, 1.807) is 24.3 Å². The number of anilines is 3. The lowest BCUT2D eigenvalue weighted by molar-refractivity contribution is 0.102. The van der Waals surface area contributed by atoms with Crippen LogP contribution < -0.4 is 20.1 Å². The van der Waals surface area contributed by atoms with E-state index in [4.69, 9.17) is 9.47 Å². The number of halogens is 2. The van der Waals surface area contributed by atoms with Crippen molar-refractivity contribution in [2.75, 3.05) is 17.4 Å². The second-order valence-corrected chi connectivity index (χ2v) is 5.58. The fourth-order valence-corrected chi connectivity index (χ4v) is 2.42. The minimum absolute atomic E-state index is 0.0186. The van der Waals surface area contributed by atoms with Crippen molar-refractivity contribution in [2.45, 2.75) is 0 Å². The van der Waals surface area contributed by atoms with Gasteiger partial charge in [0, 0.05) is 17.8 Å². The van der Waals surface area contributed by atoms with Crippen LogP contribution in [0.2, 0.25) is 0 Å². The lowest BCUT2D eigenvalue weighted by Crippen LogP contribution is -2.15. The molecule has 0 saturated carbocycles. The standard InChI is InChI=1S/C18H12F2N4O3/c19-10-1-3-13(12(20)7-10)22-18(25)14-4-6-17(24-23-14)21-11-2-5-15-16(8-11)27-9-26-15/h1-8H,9H2,(H,21,24)(H,22,25). The Morgan fingerprint density at radius 2 is 1.81 bits per heavy atom. The van der Waals surface area contributed by atoms with Crippen LogP contribution in [0, 0.1) is 11.6 Å². The maximum atomic E-state index is 13.6. The van der Waals surface area contributed by atoms with Crippen molar-refractivity contribution in [3.8, 4) is 11.5 Å². The summed E-state index contributed by atoms with van der Waals surface area (Å²) in [5.74, 6) is -0.598. The van der Waals surface area contributed by atoms with Gasteiger partial charge in [0.2, 0.25) is 6.79 Å². The van der Waals surface area contributed by atoms with Crippen LogP contribution in [0.3, 0.4) is 0 Å². The van der Waals surface area contributed by atoms with Gasteiger partial charge in [0.25, 0.3) is 5.91 Å². The van der Waals surface area contributed by atoms with Crippen LogP contribution in [0.1, 0.15) is 10.5 Å². The van der Waals surface area contributed by atoms with Gasteiger partial charge in [0.15, 0.2) is 23.0 Å². The summed E-state index contributed by atoms with van der Waals surface area (Å²) in [4.78, 5) is 12.1. The van der Waals surface area contributed by atoms with Crippen molar-refractivity contribution in [1.82, 2.24) is 10.2 Å². The SMILES string of the molecule is O=C(Nc1ccc(F)cc1F)c1ccc(Nc2ccc3c(c2)OCO3)nn1. The Balaban J connectivity index is 1.44. The van der Waals surface area contributed by atoms with Crippen LogP contribution in [-0.2, 0) is 0 Å². The number of nitrogens with zero attached hydrogens (tertiary/aromatic N) is 2. The van der Waals surface area contributed by atoms with Gasteiger partial charge in [0.1, 0.15) is 11.6 Å². The fraction of sp³-hybridized carbons (Fsp3) is 0.0556. The van der Waals surface area contributed by atoms with Crippen LogP contribution in [0.15, 0.2) is 48.5 Å². The number of benzene rings is 2. The van der Waals surface area contributed by atoms with Crippen molar-refractivity contribution in [3.05, 3.63) is 65.9 Å². The minimum Gasteiger partial charge on any atom is -0.454 e. The highest BCUT2D eigenvalue weighted by atomic mass is 19.1. The lowest BCUT2D eigenvalue weighted by Gasteiger charge is -2.08. The van der Waals surface area contributed by atoms with Gasteiger partial charge in [0.05, 0.1) is 5.69 Å². The molecule has 0 spiro atoms. The fourth-order valence-electron chi connectivity index (χ4n) is 2.42. The Kier molecular flexibility index (Phi) is 4.25. The zero-order chi connectivity index (χ0) is 18.8. The summed E-state index contributed by atoms with van der Waals surface area (Å²) < 4.78 is 37.1. The van der Waals surface area contributed by atoms with E-state index in [0.29, 0.717) is 29.1 Å². The highest BCUT2D eigenvalue weighted by molar-refractivity contribution is 6.02. The number of rotatable bonds is 4. The van der Waals surface area contributed by atoms with Crippen molar-refractivity contribution < 1.29 is 23.0 Å². The molecule has 1 aromatic heterocycles. The van der Waals surface area contributed by atoms with Crippen LogP contribution in [0.5, 0.6) is 11.5 Å². The van der Waals surface area contributed by atoms with Crippen LogP contribution >= 0.6 is 0 Å². The van der Waals surface area contributed by atoms with Crippen LogP contribution in [0.4, 0.5) is 26.0 Å². The zero-order valence-electron chi connectivity index (χ0n) is 13.7. The van der Waals surface area contributed by atoms with E-state index < -0.39 is 17.5 Å². The Labute approximate surface area is 151 Å². The highest BCUT2D eigenvalue weighted by Gasteiger charge is 2.14. The summed E-state index contributed by atoms with van der Waals surface area (Å²) in [5.41, 5.74) is 0.542. The summed E-state index contributed by atoms with van der Waals surface area (Å²) >= 11 is 0. The van der Waals surface area contributed by atoms with Gasteiger partial charge >= 0.3 is 0 Å². The largest absolute Gasteiger partial charge is 0.454 e. The first-order chi connectivity index (χ1) is 13.1. The molecule has 3 aromatic rings. The van der Waals surface area contributed by atoms with Crippen LogP contribution in [-0.4, -0.2) is 22.9 Å². The predicted molar refractivity (Wildman–Crippen MR) is 92.2 cm³/mol. The molecule has 1 aliphatic heterocycles. The monoisotopic (exact) mass is 370 g/mol. The van der Waals surface area contributed by atoms with Gasteiger partial charge in [-0.2, -0.15) is 0 Å². The number of hydrogen-bond acceptors (Lipinski definition) is 6. The van der Waals surface area contributed by atoms with Gasteiger partial charge in [-0.3, -0.25) is 4.79 Å². The number of nitrogens with one attached hydrogen (secondary N) is 2. The van der Waals surface area contributed by atoms with Crippen molar-refractivity contribution in [2.24, 2.45) is 0 Å². The Hall–Kier alpha value is -3.75. The second kappa shape index (κ2) is 6.87. The number of amides is 1. The molecule has 0 aliphatic carbocycles. The van der Waals surface area contributed by atoms with Gasteiger partial charge in [-0.15, -0.1) is 10.2 Å². The number of ether oxygens (including phenoxy) is 2. The summed E-state index contributed by atoms with van der Waals surface area (Å²) in [6.45, 7) is 0.178. The molecular weight excluding hydrogens is 358 g/mol. The molecule has 0 fully saturated rings. The van der Waals surface area contributed by atoms with Crippen LogP contribution in [0.25, 0.3) is 0 Å². The van der Waals surface area contributed by atoms with Crippen molar-refractivity contribution in [1.29, 1.82) is 0 Å². The number of aromatic nitrogens is 2. The average molecular weight is 370 g/mol. The number of carbonyl (C=O) groups excluding carboxylic acids is 1. The van der Waals surface area contributed by atoms with Gasteiger partial charge in [-0.05, 0) is 36.4 Å². The van der Waals surface area contributed by atoms with E-state index in [-0.39, 0.29) is 18.2 Å². The van der Waals surface area contributed by atoms with Gasteiger partial charge in [-0.1, -0.05) is 0 Å². The molecule has 2 heterocycles. The molecule has 2 N–H and O–H groups in total. The number of hydrogen-bond donors (Lipinski definition) is 2. The summed E-state index contributed by atoms with van der Waals surface area (Å²) in [6.07, 6.45) is 0. The smallest absolute Gasteiger partial charge is 0.276 e. The maximum Gasteiger partial charge on any atom is 0.276 e. The molecule has 7 nitrogen and oxygen atoms in total. The molecule has 0 bridgehead atoms. The maximum absolute atomic E-state index is 13.6. The first kappa shape index (κ1) is 16.7. The van der Waals surface area contributed by atoms with E-state index in [9.17, 15) is 13.6 Å². The van der Waals surface area contributed by atoms with Gasteiger partial charge < -0.3 is 20.1 Å². The zero-order valence-corrected chi connectivity index (χ0v) is 13.7. The normalized spacial score (nSPS) is 11.9. The number of fused-ring (bicyclic) bond motifs is 1. The van der Waals surface area contributed by atoms with E-state index in [1.165, 1.54) is 6.07 Å². The molecule has 1 aliphatic rings. The predicted octanol–water partition coefficient (Wildman–Crippen LogP) is 3.48. The Morgan fingerprint density at radius 1 is 0.963 bits per heavy atom. The van der Waals surface area contributed by atoms with Gasteiger partial charge in [-0.25, -0.2) is 8.78 Å². The Morgan fingerprint density at radius 3 is 2.59 bits per heavy atom. The van der Waals surface area contributed by atoms with E-state index in [0.717, 1.165) is 12.1 Å². The minimum atomic E-state index is -0.877. The molecule has 136 valence electrons. The highest BCUT2D eigenvalue weighted by Crippen LogP contribution is 2.34. The number of carbonyl (C=O) groups is 1. The molecular formula is C18H12F2N4O3. The molecule has 0 radical (unpaired) electrons. The van der Waals surface area contributed by atoms with Crippen molar-refractivity contribution in [3.63, 3.8) is 0 Å². The third-order valence-corrected chi connectivity index (χ3v) is 3.72. The summed E-state index contributed by atoms with van der Waals surface area (Å²) in [5, 5.41) is 13.1. The molecule has 27 heavy (non-hydrogen) atoms. The van der Waals surface area contributed by atoms with E-state index in [2.05, 4.69) is 20.8 Å². The second-order valence-electron chi connectivity index (χ2n) is 5.58. The third-order valence-electron chi connectivity index (χ3n) is 3.72. The lowest BCUT2D eigenvalue weighted by atomic mass is 10.2. The molecule has 4 rings (SSSR count). The molecule has 9 heteroatoms. The third kappa shape index (κ3) is 3.61. The molecule has 0 atom stereocenters. The van der Waals surface area contributed by atoms with Crippen molar-refractivity contribution >= 4 is 23.1 Å². The summed E-state index contributed by atoms with van der Waals surface area (Å²) in [7, 11) is 0. The average Bonchev–Trinajstić information content (AvgIpc) is 3.12. The first-order valence-corrected chi connectivity index (χ1v) is 7.85. The molecule has 0 unspecified atom stereocenters. The molecule has 2 aromatic carbocycles. The molecule has 1 amide bonds. The summed E-state index contributed by atoms with van der Waals surface area (Å²) in [6, 6.07) is 11.1. The Bertz CT molecular complexity index is 1010. The van der Waals surface area contributed by atoms with E-state index >= 15 is 0 Å². The van der Waals surface area contributed by atoms with E-state index in [1.807, 2.05) is 0 Å². The topological polar surface area (TPSA) is 85.4 Å².